The predicted octanol–water partition coefficient (Wildman–Crippen LogP) is 2.79. The van der Waals surface area contributed by atoms with Crippen LogP contribution in [-0.2, 0) is 25.3 Å². The highest BCUT2D eigenvalue weighted by Crippen LogP contribution is 2.23. The second-order valence-electron chi connectivity index (χ2n) is 7.14. The van der Waals surface area contributed by atoms with E-state index in [1.807, 2.05) is 0 Å². The number of piperidine rings is 1. The first-order valence-electron chi connectivity index (χ1n) is 9.50. The van der Waals surface area contributed by atoms with Gasteiger partial charge in [0, 0.05) is 18.8 Å². The van der Waals surface area contributed by atoms with E-state index < -0.39 is 27.7 Å². The number of esters is 1. The number of benzene rings is 2. The fourth-order valence-electron chi connectivity index (χ4n) is 3.38. The summed E-state index contributed by atoms with van der Waals surface area (Å²) in [6.07, 6.45) is 1.12. The minimum Gasteiger partial charge on any atom is -0.465 e. The van der Waals surface area contributed by atoms with Gasteiger partial charge in [0.1, 0.15) is 5.82 Å². The zero-order valence-corrected chi connectivity index (χ0v) is 17.3. The van der Waals surface area contributed by atoms with Crippen molar-refractivity contribution in [2.45, 2.75) is 18.6 Å². The van der Waals surface area contributed by atoms with Gasteiger partial charge in [0.05, 0.1) is 24.3 Å². The number of hydrogen-bond donors (Lipinski definition) is 1. The second kappa shape index (κ2) is 9.36. The Bertz CT molecular complexity index is 1020. The minimum absolute atomic E-state index is 0.0755. The topological polar surface area (TPSA) is 92.8 Å². The van der Waals surface area contributed by atoms with Gasteiger partial charge in [-0.15, -0.1) is 0 Å². The van der Waals surface area contributed by atoms with Crippen LogP contribution in [-0.4, -0.2) is 44.8 Å². The SMILES string of the molecule is COC(=O)c1cccc(NC(=O)C2CCCN(S(=O)(=O)Cc3ccc(F)cc3)C2)c1. The third-order valence-corrected chi connectivity index (χ3v) is 6.78. The first-order chi connectivity index (χ1) is 14.3. The van der Waals surface area contributed by atoms with E-state index >= 15 is 0 Å². The van der Waals surface area contributed by atoms with E-state index in [1.54, 1.807) is 18.2 Å². The van der Waals surface area contributed by atoms with E-state index in [2.05, 4.69) is 10.1 Å². The number of sulfonamides is 1. The van der Waals surface area contributed by atoms with E-state index in [0.29, 0.717) is 36.2 Å². The molecule has 3 rings (SSSR count). The van der Waals surface area contributed by atoms with E-state index in [9.17, 15) is 22.4 Å². The Morgan fingerprint density at radius 2 is 1.93 bits per heavy atom. The zero-order valence-electron chi connectivity index (χ0n) is 16.5. The van der Waals surface area contributed by atoms with E-state index in [0.717, 1.165) is 0 Å². The number of amides is 1. The average molecular weight is 434 g/mol. The van der Waals surface area contributed by atoms with Crippen molar-refractivity contribution >= 4 is 27.6 Å². The van der Waals surface area contributed by atoms with Crippen molar-refractivity contribution in [2.24, 2.45) is 5.92 Å². The molecule has 2 aromatic rings. The van der Waals surface area contributed by atoms with Crippen molar-refractivity contribution in [3.8, 4) is 0 Å². The Morgan fingerprint density at radius 3 is 2.63 bits per heavy atom. The molecule has 0 spiro atoms. The molecule has 1 unspecified atom stereocenters. The molecule has 30 heavy (non-hydrogen) atoms. The quantitative estimate of drug-likeness (QED) is 0.706. The molecule has 1 atom stereocenters. The Balaban J connectivity index is 1.65. The summed E-state index contributed by atoms with van der Waals surface area (Å²) < 4.78 is 44.6. The highest BCUT2D eigenvalue weighted by atomic mass is 32.2. The molecule has 1 aliphatic heterocycles. The van der Waals surface area contributed by atoms with Gasteiger partial charge < -0.3 is 10.1 Å². The lowest BCUT2D eigenvalue weighted by Crippen LogP contribution is -2.44. The van der Waals surface area contributed by atoms with Crippen LogP contribution < -0.4 is 5.32 Å². The van der Waals surface area contributed by atoms with Crippen LogP contribution in [0, 0.1) is 11.7 Å². The zero-order chi connectivity index (χ0) is 21.7. The molecule has 160 valence electrons. The first-order valence-corrected chi connectivity index (χ1v) is 11.1. The highest BCUT2D eigenvalue weighted by molar-refractivity contribution is 7.88. The maximum absolute atomic E-state index is 13.1. The van der Waals surface area contributed by atoms with Crippen LogP contribution in [0.15, 0.2) is 48.5 Å². The molecular formula is C21H23FN2O5S. The third-order valence-electron chi connectivity index (χ3n) is 4.96. The second-order valence-corrected chi connectivity index (χ2v) is 9.11. The number of halogens is 1. The molecule has 1 aliphatic rings. The van der Waals surface area contributed by atoms with Crippen LogP contribution in [0.2, 0.25) is 0 Å². The lowest BCUT2D eigenvalue weighted by atomic mass is 9.98. The Hall–Kier alpha value is -2.78. The fourth-order valence-corrected chi connectivity index (χ4v) is 4.99. The lowest BCUT2D eigenvalue weighted by Gasteiger charge is -2.31. The average Bonchev–Trinajstić information content (AvgIpc) is 2.75. The summed E-state index contributed by atoms with van der Waals surface area (Å²) in [5, 5.41) is 2.75. The van der Waals surface area contributed by atoms with Gasteiger partial charge in [0.15, 0.2) is 0 Å². The fraction of sp³-hybridized carbons (Fsp3) is 0.333. The van der Waals surface area contributed by atoms with Crippen LogP contribution in [0.25, 0.3) is 0 Å². The summed E-state index contributed by atoms with van der Waals surface area (Å²) in [7, 11) is -2.37. The minimum atomic E-state index is -3.64. The Kier molecular flexibility index (Phi) is 6.84. The molecule has 9 heteroatoms. The number of nitrogens with one attached hydrogen (secondary N) is 1. The number of anilines is 1. The smallest absolute Gasteiger partial charge is 0.337 e. The molecule has 0 saturated carbocycles. The molecule has 7 nitrogen and oxygen atoms in total. The first kappa shape index (κ1) is 21.9. The predicted molar refractivity (Wildman–Crippen MR) is 110 cm³/mol. The maximum Gasteiger partial charge on any atom is 0.337 e. The number of ether oxygens (including phenoxy) is 1. The molecular weight excluding hydrogens is 411 g/mol. The van der Waals surface area contributed by atoms with Crippen molar-refractivity contribution in [1.82, 2.24) is 4.31 Å². The van der Waals surface area contributed by atoms with Gasteiger partial charge in [-0.2, -0.15) is 0 Å². The highest BCUT2D eigenvalue weighted by Gasteiger charge is 2.32. The van der Waals surface area contributed by atoms with Crippen molar-refractivity contribution < 1.29 is 27.1 Å². The number of carbonyl (C=O) groups is 2. The molecule has 0 aromatic heterocycles. The van der Waals surface area contributed by atoms with Crippen LogP contribution in [0.5, 0.6) is 0 Å². The molecule has 0 radical (unpaired) electrons. The van der Waals surface area contributed by atoms with Gasteiger partial charge in [0.25, 0.3) is 0 Å². The summed E-state index contributed by atoms with van der Waals surface area (Å²) >= 11 is 0. The van der Waals surface area contributed by atoms with Gasteiger partial charge in [-0.1, -0.05) is 18.2 Å². The van der Waals surface area contributed by atoms with Gasteiger partial charge in [-0.05, 0) is 48.7 Å². The van der Waals surface area contributed by atoms with Crippen LogP contribution in [0.3, 0.4) is 0 Å². The van der Waals surface area contributed by atoms with E-state index in [-0.39, 0.29) is 18.2 Å². The van der Waals surface area contributed by atoms with Gasteiger partial charge in [-0.25, -0.2) is 21.9 Å². The molecule has 1 N–H and O–H groups in total. The molecule has 2 aromatic carbocycles. The van der Waals surface area contributed by atoms with Crippen LogP contribution in [0.4, 0.5) is 10.1 Å². The Labute approximate surface area is 174 Å². The molecule has 1 saturated heterocycles. The number of nitrogens with zero attached hydrogens (tertiary/aromatic N) is 1. The summed E-state index contributed by atoms with van der Waals surface area (Å²) in [6.45, 7) is 0.414. The largest absolute Gasteiger partial charge is 0.465 e. The number of methoxy groups -OCH3 is 1. The molecule has 0 bridgehead atoms. The monoisotopic (exact) mass is 434 g/mol. The Morgan fingerprint density at radius 1 is 1.20 bits per heavy atom. The molecule has 1 amide bonds. The summed E-state index contributed by atoms with van der Waals surface area (Å²) in [5.74, 6) is -2.01. The molecule has 0 aliphatic carbocycles. The number of hydrogen-bond acceptors (Lipinski definition) is 5. The van der Waals surface area contributed by atoms with Gasteiger partial charge in [0.2, 0.25) is 15.9 Å². The van der Waals surface area contributed by atoms with Crippen LogP contribution >= 0.6 is 0 Å². The summed E-state index contributed by atoms with van der Waals surface area (Å²) in [4.78, 5) is 24.3. The van der Waals surface area contributed by atoms with Crippen molar-refractivity contribution in [3.63, 3.8) is 0 Å². The molecule has 1 fully saturated rings. The lowest BCUT2D eigenvalue weighted by molar-refractivity contribution is -0.120. The van der Waals surface area contributed by atoms with Crippen LogP contribution in [0.1, 0.15) is 28.8 Å². The van der Waals surface area contributed by atoms with Gasteiger partial charge >= 0.3 is 5.97 Å². The summed E-state index contributed by atoms with van der Waals surface area (Å²) in [6, 6.07) is 11.7. The standard InChI is InChI=1S/C21H23FN2O5S/c1-29-21(26)16-4-2-6-19(12-16)23-20(25)17-5-3-11-24(13-17)30(27,28)14-15-7-9-18(22)10-8-15/h2,4,6-10,12,17H,3,5,11,13-14H2,1H3,(H,23,25). The van der Waals surface area contributed by atoms with Crippen molar-refractivity contribution in [2.75, 3.05) is 25.5 Å². The maximum atomic E-state index is 13.1. The van der Waals surface area contributed by atoms with E-state index in [1.165, 1.54) is 41.7 Å². The van der Waals surface area contributed by atoms with Crippen molar-refractivity contribution in [1.29, 1.82) is 0 Å². The van der Waals surface area contributed by atoms with Gasteiger partial charge in [-0.3, -0.25) is 4.79 Å². The number of rotatable bonds is 6. The van der Waals surface area contributed by atoms with Crippen molar-refractivity contribution in [3.05, 3.63) is 65.5 Å². The van der Waals surface area contributed by atoms with E-state index in [4.69, 9.17) is 0 Å². The molecule has 1 heterocycles. The summed E-state index contributed by atoms with van der Waals surface area (Å²) in [5.41, 5.74) is 1.24. The number of carbonyl (C=O) groups excluding carboxylic acids is 2. The third kappa shape index (κ3) is 5.43. The normalized spacial score (nSPS) is 17.3.